The average Bonchev–Trinajstić information content (AvgIpc) is 2.47. The molecule has 0 fully saturated rings. The molecular formula is C16H14N2O2. The number of anilines is 1. The molecule has 3 N–H and O–H groups in total. The van der Waals surface area contributed by atoms with Crippen LogP contribution >= 0.6 is 0 Å². The molecule has 2 rings (SSSR count). The number of nitrogens with two attached hydrogens (primary N) is 1. The monoisotopic (exact) mass is 266 g/mol. The van der Waals surface area contributed by atoms with Crippen LogP contribution in [0.25, 0.3) is 6.08 Å². The van der Waals surface area contributed by atoms with E-state index in [4.69, 9.17) is 5.73 Å². The molecule has 0 saturated heterocycles. The van der Waals surface area contributed by atoms with Crippen molar-refractivity contribution in [3.63, 3.8) is 0 Å². The lowest BCUT2D eigenvalue weighted by Crippen LogP contribution is -2.11. The lowest BCUT2D eigenvalue weighted by atomic mass is 10.2. The highest BCUT2D eigenvalue weighted by Crippen LogP contribution is 2.09. The van der Waals surface area contributed by atoms with Gasteiger partial charge in [-0.1, -0.05) is 30.3 Å². The fraction of sp³-hybridized carbons (Fsp3) is 0. The van der Waals surface area contributed by atoms with Crippen LogP contribution in [0.5, 0.6) is 0 Å². The quantitative estimate of drug-likeness (QED) is 0.834. The summed E-state index contributed by atoms with van der Waals surface area (Å²) in [7, 11) is 0. The van der Waals surface area contributed by atoms with E-state index in [1.807, 2.05) is 30.3 Å². The average molecular weight is 266 g/mol. The van der Waals surface area contributed by atoms with E-state index in [1.54, 1.807) is 30.3 Å². The van der Waals surface area contributed by atoms with E-state index in [0.29, 0.717) is 11.3 Å². The molecule has 0 aliphatic carbocycles. The van der Waals surface area contributed by atoms with E-state index in [9.17, 15) is 9.59 Å². The van der Waals surface area contributed by atoms with Gasteiger partial charge in [0.15, 0.2) is 0 Å². The van der Waals surface area contributed by atoms with Crippen LogP contribution in [0.2, 0.25) is 0 Å². The summed E-state index contributed by atoms with van der Waals surface area (Å²) >= 11 is 0. The second-order valence-electron chi connectivity index (χ2n) is 4.17. The normalized spacial score (nSPS) is 10.4. The van der Waals surface area contributed by atoms with Crippen molar-refractivity contribution in [2.24, 2.45) is 5.73 Å². The van der Waals surface area contributed by atoms with Gasteiger partial charge in [0.2, 0.25) is 11.8 Å². The first kappa shape index (κ1) is 13.5. The van der Waals surface area contributed by atoms with E-state index in [-0.39, 0.29) is 5.91 Å². The van der Waals surface area contributed by atoms with Gasteiger partial charge in [0, 0.05) is 17.3 Å². The second kappa shape index (κ2) is 6.33. The number of rotatable bonds is 4. The molecule has 2 amide bonds. The number of hydrogen-bond acceptors (Lipinski definition) is 2. The molecule has 0 aliphatic rings. The Morgan fingerprint density at radius 1 is 0.950 bits per heavy atom. The molecule has 100 valence electrons. The van der Waals surface area contributed by atoms with Gasteiger partial charge in [-0.15, -0.1) is 0 Å². The van der Waals surface area contributed by atoms with Gasteiger partial charge in [-0.3, -0.25) is 9.59 Å². The lowest BCUT2D eigenvalue weighted by molar-refractivity contribution is -0.111. The zero-order chi connectivity index (χ0) is 14.4. The topological polar surface area (TPSA) is 72.2 Å². The number of nitrogens with one attached hydrogen (secondary N) is 1. The Bertz CT molecular complexity index is 631. The summed E-state index contributed by atoms with van der Waals surface area (Å²) in [4.78, 5) is 22.6. The maximum Gasteiger partial charge on any atom is 0.248 e. The van der Waals surface area contributed by atoms with Crippen molar-refractivity contribution < 1.29 is 9.59 Å². The second-order valence-corrected chi connectivity index (χ2v) is 4.17. The minimum atomic E-state index is -0.494. The van der Waals surface area contributed by atoms with Crippen molar-refractivity contribution in [1.82, 2.24) is 0 Å². The third-order valence-corrected chi connectivity index (χ3v) is 2.66. The maximum atomic E-state index is 11.7. The van der Waals surface area contributed by atoms with Crippen LogP contribution in [0, 0.1) is 0 Å². The predicted molar refractivity (Wildman–Crippen MR) is 79.1 cm³/mol. The van der Waals surface area contributed by atoms with Gasteiger partial charge < -0.3 is 11.1 Å². The van der Waals surface area contributed by atoms with Crippen molar-refractivity contribution >= 4 is 23.6 Å². The van der Waals surface area contributed by atoms with Gasteiger partial charge in [0.1, 0.15) is 0 Å². The summed E-state index contributed by atoms with van der Waals surface area (Å²) in [6, 6.07) is 15.9. The van der Waals surface area contributed by atoms with Gasteiger partial charge in [-0.05, 0) is 35.9 Å². The van der Waals surface area contributed by atoms with E-state index >= 15 is 0 Å². The van der Waals surface area contributed by atoms with Crippen LogP contribution in [0.15, 0.2) is 60.7 Å². The minimum absolute atomic E-state index is 0.235. The number of amides is 2. The number of primary amides is 1. The molecule has 0 saturated carbocycles. The van der Waals surface area contributed by atoms with Crippen LogP contribution in [-0.4, -0.2) is 11.8 Å². The fourth-order valence-electron chi connectivity index (χ4n) is 1.64. The third-order valence-electron chi connectivity index (χ3n) is 2.66. The highest BCUT2D eigenvalue weighted by atomic mass is 16.1. The van der Waals surface area contributed by atoms with E-state index in [2.05, 4.69) is 5.32 Å². The molecule has 2 aromatic carbocycles. The van der Waals surface area contributed by atoms with Crippen LogP contribution in [0.1, 0.15) is 15.9 Å². The molecule has 4 nitrogen and oxygen atoms in total. The van der Waals surface area contributed by atoms with Crippen LogP contribution < -0.4 is 11.1 Å². The maximum absolute atomic E-state index is 11.7. The molecule has 0 aromatic heterocycles. The smallest absolute Gasteiger partial charge is 0.248 e. The van der Waals surface area contributed by atoms with Crippen molar-refractivity contribution in [3.8, 4) is 0 Å². The highest BCUT2D eigenvalue weighted by Gasteiger charge is 2.01. The summed E-state index contributed by atoms with van der Waals surface area (Å²) in [6.45, 7) is 0. The van der Waals surface area contributed by atoms with Crippen LogP contribution in [0.3, 0.4) is 0 Å². The van der Waals surface area contributed by atoms with Gasteiger partial charge in [0.05, 0.1) is 0 Å². The molecule has 0 aliphatic heterocycles. The summed E-state index contributed by atoms with van der Waals surface area (Å²) in [5.74, 6) is -0.729. The Balaban J connectivity index is 1.98. The molecule has 4 heteroatoms. The van der Waals surface area contributed by atoms with Crippen molar-refractivity contribution in [2.45, 2.75) is 0 Å². The highest BCUT2D eigenvalue weighted by molar-refractivity contribution is 6.02. The summed E-state index contributed by atoms with van der Waals surface area (Å²) in [6.07, 6.45) is 3.18. The third kappa shape index (κ3) is 3.81. The standard InChI is InChI=1S/C16H14N2O2/c17-16(20)13-7-9-14(10-8-13)18-15(19)11-6-12-4-2-1-3-5-12/h1-11H,(H2,17,20)(H,18,19)/b11-6+. The molecule has 0 bridgehead atoms. The molecule has 0 heterocycles. The van der Waals surface area contributed by atoms with Gasteiger partial charge in [-0.2, -0.15) is 0 Å². The van der Waals surface area contributed by atoms with Crippen LogP contribution in [0.4, 0.5) is 5.69 Å². The molecule has 0 atom stereocenters. The SMILES string of the molecule is NC(=O)c1ccc(NC(=O)/C=C/c2ccccc2)cc1. The number of carbonyl (C=O) groups is 2. The minimum Gasteiger partial charge on any atom is -0.366 e. The Kier molecular flexibility index (Phi) is 4.29. The number of benzene rings is 2. The zero-order valence-corrected chi connectivity index (χ0v) is 10.7. The lowest BCUT2D eigenvalue weighted by Gasteiger charge is -2.02. The largest absolute Gasteiger partial charge is 0.366 e. The number of carbonyl (C=O) groups excluding carboxylic acids is 2. The van der Waals surface area contributed by atoms with Crippen molar-refractivity contribution in [2.75, 3.05) is 5.32 Å². The molecule has 0 radical (unpaired) electrons. The first-order chi connectivity index (χ1) is 9.65. The molecular weight excluding hydrogens is 252 g/mol. The van der Waals surface area contributed by atoms with Crippen molar-refractivity contribution in [3.05, 3.63) is 71.8 Å². The van der Waals surface area contributed by atoms with Crippen LogP contribution in [-0.2, 0) is 4.79 Å². The Labute approximate surface area is 116 Å². The van der Waals surface area contributed by atoms with Gasteiger partial charge >= 0.3 is 0 Å². The van der Waals surface area contributed by atoms with E-state index in [0.717, 1.165) is 5.56 Å². The first-order valence-corrected chi connectivity index (χ1v) is 6.09. The summed E-state index contributed by atoms with van der Waals surface area (Å²) < 4.78 is 0. The fourth-order valence-corrected chi connectivity index (χ4v) is 1.64. The van der Waals surface area contributed by atoms with Gasteiger partial charge in [-0.25, -0.2) is 0 Å². The number of hydrogen-bond donors (Lipinski definition) is 2. The Morgan fingerprint density at radius 2 is 1.60 bits per heavy atom. The summed E-state index contributed by atoms with van der Waals surface area (Å²) in [5, 5.41) is 2.70. The molecule has 0 spiro atoms. The molecule has 0 unspecified atom stereocenters. The molecule has 20 heavy (non-hydrogen) atoms. The van der Waals surface area contributed by atoms with Crippen molar-refractivity contribution in [1.29, 1.82) is 0 Å². The predicted octanol–water partition coefficient (Wildman–Crippen LogP) is 2.44. The van der Waals surface area contributed by atoms with E-state index in [1.165, 1.54) is 6.08 Å². The first-order valence-electron chi connectivity index (χ1n) is 6.09. The summed E-state index contributed by atoms with van der Waals surface area (Å²) in [5.41, 5.74) is 7.10. The molecule has 2 aromatic rings. The Hall–Kier alpha value is -2.88. The zero-order valence-electron chi connectivity index (χ0n) is 10.7. The Morgan fingerprint density at radius 3 is 2.20 bits per heavy atom. The van der Waals surface area contributed by atoms with Gasteiger partial charge in [0.25, 0.3) is 0 Å². The van der Waals surface area contributed by atoms with E-state index < -0.39 is 5.91 Å².